The van der Waals surface area contributed by atoms with Crippen LogP contribution in [0.15, 0.2) is 0 Å². The van der Waals surface area contributed by atoms with Crippen LogP contribution in [0.1, 0.15) is 58.3 Å². The second kappa shape index (κ2) is 4.27. The molecule has 0 radical (unpaired) electrons. The second-order valence-corrected chi connectivity index (χ2v) is 6.09. The molecule has 1 N–H and O–H groups in total. The van der Waals surface area contributed by atoms with E-state index in [1.165, 1.54) is 32.1 Å². The van der Waals surface area contributed by atoms with Gasteiger partial charge in [0.15, 0.2) is 0 Å². The molecule has 0 bridgehead atoms. The Balaban J connectivity index is 1.58. The number of amides is 1. The van der Waals surface area contributed by atoms with Gasteiger partial charge >= 0.3 is 0 Å². The third-order valence-electron chi connectivity index (χ3n) is 4.88. The lowest BCUT2D eigenvalue weighted by molar-refractivity contribution is -0.131. The first-order valence-corrected chi connectivity index (χ1v) is 7.34. The molecule has 3 aliphatic rings. The highest BCUT2D eigenvalue weighted by Gasteiger charge is 2.58. The molecule has 2 saturated carbocycles. The van der Waals surface area contributed by atoms with Crippen LogP contribution >= 0.6 is 0 Å². The predicted molar refractivity (Wildman–Crippen MR) is 67.5 cm³/mol. The summed E-state index contributed by atoms with van der Waals surface area (Å²) in [7, 11) is 0. The highest BCUT2D eigenvalue weighted by atomic mass is 16.2. The van der Waals surface area contributed by atoms with Gasteiger partial charge in [0.25, 0.3) is 0 Å². The van der Waals surface area contributed by atoms with Crippen molar-refractivity contribution >= 4 is 5.91 Å². The zero-order valence-electron chi connectivity index (χ0n) is 10.9. The summed E-state index contributed by atoms with van der Waals surface area (Å²) >= 11 is 0. The molecule has 1 spiro atoms. The number of nitrogens with zero attached hydrogens (tertiary/aromatic N) is 1. The molecule has 0 aromatic rings. The van der Waals surface area contributed by atoms with Gasteiger partial charge in [0, 0.05) is 6.54 Å². The van der Waals surface area contributed by atoms with Gasteiger partial charge in [0.2, 0.25) is 5.91 Å². The van der Waals surface area contributed by atoms with Crippen LogP contribution in [0.2, 0.25) is 0 Å². The predicted octanol–water partition coefficient (Wildman–Crippen LogP) is 2.27. The van der Waals surface area contributed by atoms with E-state index in [1.807, 2.05) is 0 Å². The molecule has 1 unspecified atom stereocenters. The minimum absolute atomic E-state index is 0.115. The van der Waals surface area contributed by atoms with Crippen molar-refractivity contribution in [3.8, 4) is 0 Å². The van der Waals surface area contributed by atoms with Crippen LogP contribution in [0.3, 0.4) is 0 Å². The fraction of sp³-hybridized carbons (Fsp3) is 0.929. The summed E-state index contributed by atoms with van der Waals surface area (Å²) < 4.78 is 0. The van der Waals surface area contributed by atoms with Crippen molar-refractivity contribution in [2.45, 2.75) is 70.0 Å². The molecule has 3 fully saturated rings. The molecule has 3 heteroatoms. The maximum Gasteiger partial charge on any atom is 0.244 e. The van der Waals surface area contributed by atoms with Gasteiger partial charge in [-0.25, -0.2) is 0 Å². The molecule has 1 aliphatic heterocycles. The van der Waals surface area contributed by atoms with Crippen LogP contribution in [0.25, 0.3) is 0 Å². The Hall–Kier alpha value is -0.570. The SMILES string of the molecule is CCC1NC2(CC2)C(=O)N1CCC1CCCC1. The maximum absolute atomic E-state index is 12.3. The average Bonchev–Trinajstić information content (AvgIpc) is 2.83. The van der Waals surface area contributed by atoms with E-state index in [9.17, 15) is 4.79 Å². The molecule has 0 aromatic heterocycles. The molecular weight excluding hydrogens is 212 g/mol. The van der Waals surface area contributed by atoms with Crippen molar-refractivity contribution in [2.24, 2.45) is 5.92 Å². The van der Waals surface area contributed by atoms with Crippen molar-refractivity contribution in [1.29, 1.82) is 0 Å². The Bertz CT molecular complexity index is 305. The molecular formula is C14H24N2O. The quantitative estimate of drug-likeness (QED) is 0.812. The van der Waals surface area contributed by atoms with Gasteiger partial charge in [0.1, 0.15) is 0 Å². The summed E-state index contributed by atoms with van der Waals surface area (Å²) in [4.78, 5) is 14.5. The van der Waals surface area contributed by atoms with Crippen LogP contribution in [-0.2, 0) is 4.79 Å². The van der Waals surface area contributed by atoms with Gasteiger partial charge in [-0.3, -0.25) is 10.1 Å². The van der Waals surface area contributed by atoms with E-state index in [-0.39, 0.29) is 5.54 Å². The number of carbonyl (C=O) groups is 1. The Morgan fingerprint density at radius 1 is 1.35 bits per heavy atom. The molecule has 3 rings (SSSR count). The Morgan fingerprint density at radius 3 is 2.65 bits per heavy atom. The minimum Gasteiger partial charge on any atom is -0.326 e. The molecule has 1 heterocycles. The summed E-state index contributed by atoms with van der Waals surface area (Å²) in [5.41, 5.74) is -0.115. The van der Waals surface area contributed by atoms with Crippen LogP contribution in [0.5, 0.6) is 0 Å². The minimum atomic E-state index is -0.115. The van der Waals surface area contributed by atoms with Crippen LogP contribution < -0.4 is 5.32 Å². The largest absolute Gasteiger partial charge is 0.326 e. The van der Waals surface area contributed by atoms with Gasteiger partial charge in [-0.2, -0.15) is 0 Å². The zero-order chi connectivity index (χ0) is 11.9. The fourth-order valence-electron chi connectivity index (χ4n) is 3.56. The first kappa shape index (κ1) is 11.5. The van der Waals surface area contributed by atoms with E-state index in [2.05, 4.69) is 17.1 Å². The molecule has 17 heavy (non-hydrogen) atoms. The van der Waals surface area contributed by atoms with Crippen molar-refractivity contribution in [1.82, 2.24) is 10.2 Å². The summed E-state index contributed by atoms with van der Waals surface area (Å²) in [6.07, 6.45) is 10.3. The second-order valence-electron chi connectivity index (χ2n) is 6.09. The van der Waals surface area contributed by atoms with Crippen molar-refractivity contribution in [2.75, 3.05) is 6.54 Å². The van der Waals surface area contributed by atoms with E-state index in [1.54, 1.807) is 0 Å². The summed E-state index contributed by atoms with van der Waals surface area (Å²) in [5, 5.41) is 3.54. The van der Waals surface area contributed by atoms with Crippen molar-refractivity contribution in [3.63, 3.8) is 0 Å². The molecule has 3 nitrogen and oxygen atoms in total. The van der Waals surface area contributed by atoms with Crippen molar-refractivity contribution in [3.05, 3.63) is 0 Å². The van der Waals surface area contributed by atoms with E-state index < -0.39 is 0 Å². The topological polar surface area (TPSA) is 32.3 Å². The fourth-order valence-corrected chi connectivity index (χ4v) is 3.56. The van der Waals surface area contributed by atoms with Gasteiger partial charge in [0.05, 0.1) is 11.7 Å². The Kier molecular flexibility index (Phi) is 2.89. The van der Waals surface area contributed by atoms with Gasteiger partial charge in [-0.05, 0) is 31.6 Å². The number of nitrogens with one attached hydrogen (secondary N) is 1. The molecule has 96 valence electrons. The highest BCUT2D eigenvalue weighted by molar-refractivity contribution is 5.91. The summed E-state index contributed by atoms with van der Waals surface area (Å²) in [6.45, 7) is 3.16. The zero-order valence-corrected chi connectivity index (χ0v) is 10.9. The number of hydrogen-bond acceptors (Lipinski definition) is 2. The van der Waals surface area contributed by atoms with E-state index in [0.29, 0.717) is 12.1 Å². The van der Waals surface area contributed by atoms with Gasteiger partial charge < -0.3 is 4.90 Å². The van der Waals surface area contributed by atoms with E-state index in [4.69, 9.17) is 0 Å². The molecule has 1 atom stereocenters. The first-order valence-electron chi connectivity index (χ1n) is 7.34. The molecule has 1 amide bonds. The van der Waals surface area contributed by atoms with Crippen LogP contribution in [0, 0.1) is 5.92 Å². The smallest absolute Gasteiger partial charge is 0.244 e. The molecule has 1 saturated heterocycles. The monoisotopic (exact) mass is 236 g/mol. The number of carbonyl (C=O) groups excluding carboxylic acids is 1. The average molecular weight is 236 g/mol. The summed E-state index contributed by atoms with van der Waals surface area (Å²) in [6, 6.07) is 0. The standard InChI is InChI=1S/C14H24N2O/c1-2-12-15-14(8-9-14)13(17)16(12)10-7-11-5-3-4-6-11/h11-12,15H,2-10H2,1H3. The van der Waals surface area contributed by atoms with Gasteiger partial charge in [-0.15, -0.1) is 0 Å². The van der Waals surface area contributed by atoms with Crippen LogP contribution in [-0.4, -0.2) is 29.1 Å². The lowest BCUT2D eigenvalue weighted by Gasteiger charge is -2.24. The normalized spacial score (nSPS) is 31.7. The third kappa shape index (κ3) is 1.99. The summed E-state index contributed by atoms with van der Waals surface area (Å²) in [5.74, 6) is 1.28. The van der Waals surface area contributed by atoms with Crippen LogP contribution in [0.4, 0.5) is 0 Å². The van der Waals surface area contributed by atoms with Crippen molar-refractivity contribution < 1.29 is 4.79 Å². The molecule has 0 aromatic carbocycles. The lowest BCUT2D eigenvalue weighted by Crippen LogP contribution is -2.37. The van der Waals surface area contributed by atoms with E-state index >= 15 is 0 Å². The maximum atomic E-state index is 12.3. The Labute approximate surface area is 104 Å². The third-order valence-corrected chi connectivity index (χ3v) is 4.88. The van der Waals surface area contributed by atoms with Gasteiger partial charge in [-0.1, -0.05) is 32.6 Å². The lowest BCUT2D eigenvalue weighted by atomic mass is 10.0. The Morgan fingerprint density at radius 2 is 2.06 bits per heavy atom. The van der Waals surface area contributed by atoms with E-state index in [0.717, 1.165) is 31.7 Å². The number of hydrogen-bond donors (Lipinski definition) is 1. The highest BCUT2D eigenvalue weighted by Crippen LogP contribution is 2.42. The first-order chi connectivity index (χ1) is 8.25. The number of rotatable bonds is 4. The molecule has 2 aliphatic carbocycles.